The summed E-state index contributed by atoms with van der Waals surface area (Å²) in [7, 11) is 0. The van der Waals surface area contributed by atoms with E-state index in [1.54, 1.807) is 0 Å². The zero-order valence-corrected chi connectivity index (χ0v) is 10.6. The lowest BCUT2D eigenvalue weighted by Gasteiger charge is -1.89. The van der Waals surface area contributed by atoms with Crippen LogP contribution in [0.3, 0.4) is 0 Å². The van der Waals surface area contributed by atoms with E-state index in [0.29, 0.717) is 10.2 Å². The Balaban J connectivity index is 2.25. The third-order valence-electron chi connectivity index (χ3n) is 2.49. The molecule has 0 aliphatic carbocycles. The van der Waals surface area contributed by atoms with Crippen molar-refractivity contribution in [1.82, 2.24) is 15.0 Å². The van der Waals surface area contributed by atoms with Crippen LogP contribution in [0, 0.1) is 6.92 Å². The van der Waals surface area contributed by atoms with Gasteiger partial charge in [0.2, 0.25) is 0 Å². The molecule has 0 fully saturated rings. The lowest BCUT2D eigenvalue weighted by atomic mass is 10.3. The molecule has 0 radical (unpaired) electrons. The van der Waals surface area contributed by atoms with Gasteiger partial charge in [-0.05, 0) is 19.1 Å². The highest BCUT2D eigenvalue weighted by Crippen LogP contribution is 2.32. The van der Waals surface area contributed by atoms with Gasteiger partial charge in [-0.2, -0.15) is 0 Å². The highest BCUT2D eigenvalue weighted by Gasteiger charge is 2.13. The first-order valence-corrected chi connectivity index (χ1v) is 6.22. The molecule has 0 saturated carbocycles. The summed E-state index contributed by atoms with van der Waals surface area (Å²) in [5.41, 5.74) is 8.25. The number of para-hydroxylation sites is 1. The smallest absolute Gasteiger partial charge is 0.180 e. The summed E-state index contributed by atoms with van der Waals surface area (Å²) in [5.74, 6) is 0.764. The van der Waals surface area contributed by atoms with Crippen molar-refractivity contribution in [2.24, 2.45) is 0 Å². The van der Waals surface area contributed by atoms with Crippen LogP contribution in [0.25, 0.3) is 21.7 Å². The molecule has 2 aromatic heterocycles. The molecule has 3 aromatic rings. The first kappa shape index (κ1) is 10.6. The Morgan fingerprint density at radius 1 is 1.35 bits per heavy atom. The summed E-state index contributed by atoms with van der Waals surface area (Å²) in [4.78, 5) is 12.8. The van der Waals surface area contributed by atoms with E-state index in [2.05, 4.69) is 15.0 Å². The molecule has 0 unspecified atom stereocenters. The number of nitrogens with two attached hydrogens (primary N) is 1. The van der Waals surface area contributed by atoms with Gasteiger partial charge < -0.3 is 10.7 Å². The van der Waals surface area contributed by atoms with Crippen LogP contribution in [0.2, 0.25) is 5.02 Å². The molecular weight excluding hydrogens is 256 g/mol. The van der Waals surface area contributed by atoms with Crippen molar-refractivity contribution >= 4 is 39.1 Å². The molecule has 0 bridgehead atoms. The van der Waals surface area contributed by atoms with E-state index in [1.807, 2.05) is 25.1 Å². The number of nitrogen functional groups attached to an aromatic ring is 1. The first-order valence-electron chi connectivity index (χ1n) is 5.02. The minimum Gasteiger partial charge on any atom is -0.375 e. The van der Waals surface area contributed by atoms with E-state index >= 15 is 0 Å². The van der Waals surface area contributed by atoms with Gasteiger partial charge in [-0.1, -0.05) is 29.0 Å². The zero-order chi connectivity index (χ0) is 12.0. The van der Waals surface area contributed by atoms with Crippen molar-refractivity contribution in [3.05, 3.63) is 28.9 Å². The molecule has 0 spiro atoms. The molecule has 4 nitrogen and oxygen atoms in total. The van der Waals surface area contributed by atoms with Crippen molar-refractivity contribution < 1.29 is 0 Å². The molecular formula is C11H9ClN4S. The summed E-state index contributed by atoms with van der Waals surface area (Å²) in [5, 5.41) is 1.18. The SMILES string of the molecule is Cc1nc(N)sc1-c1nc2c(Cl)cccc2[nH]1. The number of thiazole rings is 1. The number of hydrogen-bond acceptors (Lipinski definition) is 4. The molecule has 3 N–H and O–H groups in total. The van der Waals surface area contributed by atoms with Crippen LogP contribution < -0.4 is 5.73 Å². The lowest BCUT2D eigenvalue weighted by molar-refractivity contribution is 1.25. The van der Waals surface area contributed by atoms with Crippen LogP contribution in [-0.4, -0.2) is 15.0 Å². The van der Waals surface area contributed by atoms with Gasteiger partial charge in [0, 0.05) is 0 Å². The van der Waals surface area contributed by atoms with Crippen molar-refractivity contribution in [2.75, 3.05) is 5.73 Å². The maximum Gasteiger partial charge on any atom is 0.180 e. The predicted octanol–water partition coefficient (Wildman–Crippen LogP) is 3.23. The van der Waals surface area contributed by atoms with Gasteiger partial charge in [0.15, 0.2) is 11.0 Å². The quantitative estimate of drug-likeness (QED) is 0.709. The summed E-state index contributed by atoms with van der Waals surface area (Å²) in [6, 6.07) is 5.65. The van der Waals surface area contributed by atoms with E-state index in [1.165, 1.54) is 11.3 Å². The number of halogens is 1. The Morgan fingerprint density at radius 3 is 2.82 bits per heavy atom. The molecule has 1 aromatic carbocycles. The van der Waals surface area contributed by atoms with Gasteiger partial charge in [-0.3, -0.25) is 0 Å². The molecule has 0 aliphatic rings. The van der Waals surface area contributed by atoms with Crippen molar-refractivity contribution in [3.63, 3.8) is 0 Å². The molecule has 0 saturated heterocycles. The number of hydrogen-bond donors (Lipinski definition) is 2. The zero-order valence-electron chi connectivity index (χ0n) is 8.99. The second-order valence-corrected chi connectivity index (χ2v) is 5.13. The fourth-order valence-corrected chi connectivity index (χ4v) is 2.74. The molecule has 0 atom stereocenters. The highest BCUT2D eigenvalue weighted by atomic mass is 35.5. The maximum absolute atomic E-state index is 6.08. The Bertz CT molecular complexity index is 701. The van der Waals surface area contributed by atoms with Crippen LogP contribution in [0.1, 0.15) is 5.69 Å². The number of rotatable bonds is 1. The van der Waals surface area contributed by atoms with Crippen LogP contribution >= 0.6 is 22.9 Å². The van der Waals surface area contributed by atoms with E-state index in [4.69, 9.17) is 17.3 Å². The number of anilines is 1. The highest BCUT2D eigenvalue weighted by molar-refractivity contribution is 7.18. The van der Waals surface area contributed by atoms with Gasteiger partial charge in [0.1, 0.15) is 5.52 Å². The van der Waals surface area contributed by atoms with E-state index in [0.717, 1.165) is 27.4 Å². The van der Waals surface area contributed by atoms with Crippen LogP contribution in [0.5, 0.6) is 0 Å². The Labute approximate surface area is 106 Å². The average molecular weight is 265 g/mol. The summed E-state index contributed by atoms with van der Waals surface area (Å²) in [6.07, 6.45) is 0. The minimum absolute atomic E-state index is 0.545. The lowest BCUT2D eigenvalue weighted by Crippen LogP contribution is -1.81. The molecule has 2 heterocycles. The van der Waals surface area contributed by atoms with E-state index in [-0.39, 0.29) is 0 Å². The molecule has 6 heteroatoms. The van der Waals surface area contributed by atoms with Crippen LogP contribution in [0.15, 0.2) is 18.2 Å². The Morgan fingerprint density at radius 2 is 2.18 bits per heavy atom. The van der Waals surface area contributed by atoms with Gasteiger partial charge >= 0.3 is 0 Å². The summed E-state index contributed by atoms with van der Waals surface area (Å²) >= 11 is 7.50. The van der Waals surface area contributed by atoms with E-state index in [9.17, 15) is 0 Å². The monoisotopic (exact) mass is 264 g/mol. The van der Waals surface area contributed by atoms with Crippen molar-refractivity contribution in [1.29, 1.82) is 0 Å². The van der Waals surface area contributed by atoms with Crippen molar-refractivity contribution in [2.45, 2.75) is 6.92 Å². The number of H-pyrrole nitrogens is 1. The second kappa shape index (κ2) is 3.72. The number of aryl methyl sites for hydroxylation is 1. The molecule has 0 aliphatic heterocycles. The normalized spacial score (nSPS) is 11.2. The average Bonchev–Trinajstić information content (AvgIpc) is 2.82. The van der Waals surface area contributed by atoms with Gasteiger partial charge in [0.05, 0.1) is 21.1 Å². The topological polar surface area (TPSA) is 67.6 Å². The summed E-state index contributed by atoms with van der Waals surface area (Å²) < 4.78 is 0. The van der Waals surface area contributed by atoms with Gasteiger partial charge in [-0.15, -0.1) is 0 Å². The van der Waals surface area contributed by atoms with Crippen molar-refractivity contribution in [3.8, 4) is 10.7 Å². The Kier molecular flexibility index (Phi) is 2.31. The van der Waals surface area contributed by atoms with Gasteiger partial charge in [0.25, 0.3) is 0 Å². The van der Waals surface area contributed by atoms with Crippen LogP contribution in [0.4, 0.5) is 5.13 Å². The summed E-state index contributed by atoms with van der Waals surface area (Å²) in [6.45, 7) is 1.91. The largest absolute Gasteiger partial charge is 0.375 e. The van der Waals surface area contributed by atoms with Gasteiger partial charge in [-0.25, -0.2) is 9.97 Å². The minimum atomic E-state index is 0.545. The second-order valence-electron chi connectivity index (χ2n) is 3.69. The van der Waals surface area contributed by atoms with E-state index < -0.39 is 0 Å². The fraction of sp³-hybridized carbons (Fsp3) is 0.0909. The number of fused-ring (bicyclic) bond motifs is 1. The third-order valence-corrected chi connectivity index (χ3v) is 3.79. The number of nitrogens with one attached hydrogen (secondary N) is 1. The number of aromatic amines is 1. The maximum atomic E-state index is 6.08. The fourth-order valence-electron chi connectivity index (χ4n) is 1.74. The number of nitrogens with zero attached hydrogens (tertiary/aromatic N) is 2. The number of imidazole rings is 1. The molecule has 17 heavy (non-hydrogen) atoms. The molecule has 86 valence electrons. The molecule has 0 amide bonds. The standard InChI is InChI=1S/C11H9ClN4S/c1-5-9(17-11(13)14-5)10-15-7-4-2-3-6(12)8(7)16-10/h2-4H,1H3,(H2,13,14)(H,15,16). The third kappa shape index (κ3) is 1.67. The number of aromatic nitrogens is 3. The predicted molar refractivity (Wildman–Crippen MR) is 71.4 cm³/mol. The van der Waals surface area contributed by atoms with Crippen LogP contribution in [-0.2, 0) is 0 Å². The number of benzene rings is 1. The molecule has 3 rings (SSSR count). The first-order chi connectivity index (χ1) is 8.15. The Hall–Kier alpha value is -1.59.